The van der Waals surface area contributed by atoms with Crippen molar-refractivity contribution >= 4 is 27.9 Å². The molecule has 0 aliphatic carbocycles. The van der Waals surface area contributed by atoms with E-state index in [1.54, 1.807) is 6.92 Å². The molecule has 1 fully saturated rings. The van der Waals surface area contributed by atoms with Crippen LogP contribution in [0.25, 0.3) is 0 Å². The molecule has 2 rings (SSSR count). The summed E-state index contributed by atoms with van der Waals surface area (Å²) in [6.07, 6.45) is -1.18. The Kier molecular flexibility index (Phi) is 5.75. The molecule has 1 aliphatic heterocycles. The first-order chi connectivity index (χ1) is 11.8. The smallest absolute Gasteiger partial charge is 0.338 e. The van der Waals surface area contributed by atoms with Crippen LogP contribution in [0.5, 0.6) is 0 Å². The minimum absolute atomic E-state index is 0.00972. The van der Waals surface area contributed by atoms with Gasteiger partial charge in [-0.05, 0) is 25.1 Å². The van der Waals surface area contributed by atoms with Crippen molar-refractivity contribution in [1.29, 1.82) is 0 Å². The normalized spacial score (nSPS) is 15.6. The van der Waals surface area contributed by atoms with E-state index in [1.165, 1.54) is 31.2 Å². The zero-order valence-electron chi connectivity index (χ0n) is 13.8. The molecular formula is C15H19N3O6S. The van der Waals surface area contributed by atoms with E-state index in [9.17, 15) is 22.8 Å². The Bertz CT molecular complexity index is 792. The molecule has 0 radical (unpaired) electrons. The van der Waals surface area contributed by atoms with Gasteiger partial charge in [0.05, 0.1) is 10.5 Å². The molecule has 0 saturated carbocycles. The van der Waals surface area contributed by atoms with Gasteiger partial charge in [-0.3, -0.25) is 9.69 Å². The van der Waals surface area contributed by atoms with Crippen molar-refractivity contribution in [1.82, 2.24) is 14.9 Å². The second kappa shape index (κ2) is 7.62. The van der Waals surface area contributed by atoms with Gasteiger partial charge in [-0.1, -0.05) is 13.0 Å². The van der Waals surface area contributed by atoms with Crippen molar-refractivity contribution in [2.75, 3.05) is 19.6 Å². The minimum Gasteiger partial charge on any atom is -0.449 e. The fraction of sp³-hybridized carbons (Fsp3) is 0.400. The van der Waals surface area contributed by atoms with Gasteiger partial charge >= 0.3 is 12.0 Å². The molecule has 1 heterocycles. The summed E-state index contributed by atoms with van der Waals surface area (Å²) >= 11 is 0. The van der Waals surface area contributed by atoms with Crippen LogP contribution in [0.15, 0.2) is 29.2 Å². The second-order valence-corrected chi connectivity index (χ2v) is 7.07. The van der Waals surface area contributed by atoms with Crippen LogP contribution in [0.2, 0.25) is 0 Å². The summed E-state index contributed by atoms with van der Waals surface area (Å²) in [6, 6.07) is 4.76. The second-order valence-electron chi connectivity index (χ2n) is 5.30. The lowest BCUT2D eigenvalue weighted by molar-refractivity contribution is -0.136. The highest BCUT2D eigenvalue weighted by atomic mass is 32.2. The molecule has 0 spiro atoms. The number of esters is 1. The molecule has 1 saturated heterocycles. The van der Waals surface area contributed by atoms with Crippen molar-refractivity contribution in [3.8, 4) is 0 Å². The van der Waals surface area contributed by atoms with Gasteiger partial charge in [0.25, 0.3) is 5.91 Å². The van der Waals surface area contributed by atoms with Crippen molar-refractivity contribution in [2.24, 2.45) is 0 Å². The molecule has 9 nitrogen and oxygen atoms in total. The number of sulfonamides is 1. The molecule has 0 aromatic heterocycles. The number of rotatable bonds is 6. The van der Waals surface area contributed by atoms with Gasteiger partial charge in [0, 0.05) is 19.6 Å². The molecule has 1 aromatic carbocycles. The van der Waals surface area contributed by atoms with Crippen molar-refractivity contribution in [3.63, 3.8) is 0 Å². The first kappa shape index (κ1) is 18.9. The first-order valence-corrected chi connectivity index (χ1v) is 9.14. The third-order valence-corrected chi connectivity index (χ3v) is 5.01. The van der Waals surface area contributed by atoms with E-state index < -0.39 is 34.0 Å². The Hall–Kier alpha value is -2.46. The van der Waals surface area contributed by atoms with Crippen LogP contribution in [0, 0.1) is 0 Å². The average Bonchev–Trinajstić information content (AvgIpc) is 3.00. The van der Waals surface area contributed by atoms with Gasteiger partial charge in [0.2, 0.25) is 10.0 Å². The van der Waals surface area contributed by atoms with E-state index in [0.717, 1.165) is 4.90 Å². The number of carbonyl (C=O) groups is 3. The highest BCUT2D eigenvalue weighted by molar-refractivity contribution is 7.89. The summed E-state index contributed by atoms with van der Waals surface area (Å²) in [7, 11) is -3.72. The van der Waals surface area contributed by atoms with E-state index in [2.05, 4.69) is 10.0 Å². The molecule has 136 valence electrons. The Morgan fingerprint density at radius 3 is 2.72 bits per heavy atom. The van der Waals surface area contributed by atoms with Crippen molar-refractivity contribution < 1.29 is 27.5 Å². The lowest BCUT2D eigenvalue weighted by Gasteiger charge is -2.18. The van der Waals surface area contributed by atoms with Gasteiger partial charge in [0.15, 0.2) is 6.10 Å². The maximum absolute atomic E-state index is 12.2. The monoisotopic (exact) mass is 369 g/mol. The number of benzene rings is 1. The molecule has 25 heavy (non-hydrogen) atoms. The van der Waals surface area contributed by atoms with Crippen LogP contribution in [0.1, 0.15) is 24.2 Å². The molecule has 1 aliphatic rings. The molecule has 1 aromatic rings. The van der Waals surface area contributed by atoms with Gasteiger partial charge in [0.1, 0.15) is 0 Å². The number of nitrogens with zero attached hydrogens (tertiary/aromatic N) is 1. The number of carbonyl (C=O) groups excluding carboxylic acids is 3. The topological polar surface area (TPSA) is 122 Å². The summed E-state index contributed by atoms with van der Waals surface area (Å²) in [6.45, 7) is 3.74. The van der Waals surface area contributed by atoms with E-state index in [0.29, 0.717) is 6.54 Å². The molecule has 1 unspecified atom stereocenters. The summed E-state index contributed by atoms with van der Waals surface area (Å²) in [4.78, 5) is 36.7. The molecule has 1 atom stereocenters. The third kappa shape index (κ3) is 4.34. The summed E-state index contributed by atoms with van der Waals surface area (Å²) in [5.74, 6) is -1.49. The van der Waals surface area contributed by atoms with Gasteiger partial charge in [-0.25, -0.2) is 22.7 Å². The molecular weight excluding hydrogens is 350 g/mol. The predicted octanol–water partition coefficient (Wildman–Crippen LogP) is 0.0819. The first-order valence-electron chi connectivity index (χ1n) is 7.66. The maximum Gasteiger partial charge on any atom is 0.338 e. The fourth-order valence-corrected chi connectivity index (χ4v) is 3.33. The zero-order chi connectivity index (χ0) is 18.6. The Balaban J connectivity index is 2.10. The zero-order valence-corrected chi connectivity index (χ0v) is 14.6. The van der Waals surface area contributed by atoms with Crippen LogP contribution in [-0.4, -0.2) is 57.0 Å². The molecule has 10 heteroatoms. The van der Waals surface area contributed by atoms with Crippen LogP contribution in [0.4, 0.5) is 4.79 Å². The third-order valence-electron chi connectivity index (χ3n) is 3.47. The van der Waals surface area contributed by atoms with E-state index in [1.807, 2.05) is 0 Å². The summed E-state index contributed by atoms with van der Waals surface area (Å²) in [5, 5.41) is 2.48. The van der Waals surface area contributed by atoms with Gasteiger partial charge < -0.3 is 10.1 Å². The quantitative estimate of drug-likeness (QED) is 0.685. The minimum atomic E-state index is -3.72. The lowest BCUT2D eigenvalue weighted by Crippen LogP contribution is -2.41. The molecule has 3 amide bonds. The maximum atomic E-state index is 12.2. The fourth-order valence-electron chi connectivity index (χ4n) is 2.24. The number of hydrogen-bond donors (Lipinski definition) is 2. The SMILES string of the molecule is CCNS(=O)(=O)c1cccc(C(=O)OC(C)C(=O)N2CCNC2=O)c1. The van der Waals surface area contributed by atoms with Crippen LogP contribution in [-0.2, 0) is 19.6 Å². The van der Waals surface area contributed by atoms with E-state index in [-0.39, 0.29) is 23.5 Å². The largest absolute Gasteiger partial charge is 0.449 e. The van der Waals surface area contributed by atoms with E-state index in [4.69, 9.17) is 4.74 Å². The highest BCUT2D eigenvalue weighted by Crippen LogP contribution is 2.14. The van der Waals surface area contributed by atoms with Crippen molar-refractivity contribution in [3.05, 3.63) is 29.8 Å². The molecule has 0 bridgehead atoms. The standard InChI is InChI=1S/C15H19N3O6S/c1-3-17-25(22,23)12-6-4-5-11(9-12)14(20)24-10(2)13(19)18-8-7-16-15(18)21/h4-6,9-10,17H,3,7-8H2,1-2H3,(H,16,21). The van der Waals surface area contributed by atoms with E-state index >= 15 is 0 Å². The number of amides is 3. The van der Waals surface area contributed by atoms with Crippen molar-refractivity contribution in [2.45, 2.75) is 24.8 Å². The number of urea groups is 1. The predicted molar refractivity (Wildman–Crippen MR) is 87.3 cm³/mol. The van der Waals surface area contributed by atoms with Gasteiger partial charge in [-0.15, -0.1) is 0 Å². The highest BCUT2D eigenvalue weighted by Gasteiger charge is 2.31. The average molecular weight is 369 g/mol. The summed E-state index contributed by atoms with van der Waals surface area (Å²) < 4.78 is 31.3. The van der Waals surface area contributed by atoms with Crippen LogP contribution >= 0.6 is 0 Å². The van der Waals surface area contributed by atoms with Gasteiger partial charge in [-0.2, -0.15) is 0 Å². The molecule has 2 N–H and O–H groups in total. The van der Waals surface area contributed by atoms with Crippen LogP contribution < -0.4 is 10.0 Å². The number of ether oxygens (including phenoxy) is 1. The number of hydrogen-bond acceptors (Lipinski definition) is 6. The lowest BCUT2D eigenvalue weighted by atomic mass is 10.2. The Labute approximate surface area is 145 Å². The van der Waals surface area contributed by atoms with Crippen LogP contribution in [0.3, 0.4) is 0 Å². The number of nitrogens with one attached hydrogen (secondary N) is 2. The Morgan fingerprint density at radius 2 is 2.12 bits per heavy atom. The number of imide groups is 1. The summed E-state index contributed by atoms with van der Waals surface area (Å²) in [5.41, 5.74) is -0.00972. The Morgan fingerprint density at radius 1 is 1.40 bits per heavy atom.